The Morgan fingerprint density at radius 3 is 2.36 bits per heavy atom. The lowest BCUT2D eigenvalue weighted by atomic mass is 10.2. The molecule has 0 N–H and O–H groups in total. The molecule has 1 aliphatic heterocycles. The predicted molar refractivity (Wildman–Crippen MR) is 83.5 cm³/mol. The average molecular weight is 326 g/mol. The monoisotopic (exact) mass is 326 g/mol. The van der Waals surface area contributed by atoms with Crippen LogP contribution in [-0.4, -0.2) is 69.8 Å². The first-order valence-electron chi connectivity index (χ1n) is 7.28. The van der Waals surface area contributed by atoms with Crippen molar-refractivity contribution >= 4 is 15.8 Å². The number of rotatable bonds is 6. The lowest BCUT2D eigenvalue weighted by Gasteiger charge is -2.28. The number of nitrogens with zero attached hydrogens (tertiary/aromatic N) is 2. The van der Waals surface area contributed by atoms with E-state index in [9.17, 15) is 13.2 Å². The molecule has 1 aromatic carbocycles. The Labute approximate surface area is 131 Å². The van der Waals surface area contributed by atoms with Crippen LogP contribution in [0.15, 0.2) is 29.2 Å². The van der Waals surface area contributed by atoms with Crippen LogP contribution in [0.5, 0.6) is 0 Å². The number of likely N-dealkylation sites (N-methyl/N-ethyl adjacent to an activating group) is 1. The van der Waals surface area contributed by atoms with E-state index in [1.54, 1.807) is 19.2 Å². The number of hydrogen-bond donors (Lipinski definition) is 0. The number of morpholine rings is 1. The smallest absolute Gasteiger partial charge is 0.242 e. The van der Waals surface area contributed by atoms with Crippen LogP contribution in [-0.2, 0) is 14.8 Å². The second-order valence-corrected chi connectivity index (χ2v) is 7.41. The van der Waals surface area contributed by atoms with Gasteiger partial charge in [0, 0.05) is 38.8 Å². The van der Waals surface area contributed by atoms with Gasteiger partial charge in [0.1, 0.15) is 0 Å². The average Bonchev–Trinajstić information content (AvgIpc) is 2.53. The molecule has 0 aliphatic carbocycles. The Hall–Kier alpha value is -1.28. The zero-order chi connectivity index (χ0) is 16.2. The molecule has 1 aliphatic rings. The van der Waals surface area contributed by atoms with Gasteiger partial charge in [0.15, 0.2) is 5.78 Å². The Morgan fingerprint density at radius 1 is 1.23 bits per heavy atom. The van der Waals surface area contributed by atoms with Crippen LogP contribution >= 0.6 is 0 Å². The van der Waals surface area contributed by atoms with Crippen LogP contribution < -0.4 is 0 Å². The summed E-state index contributed by atoms with van der Waals surface area (Å²) < 4.78 is 31.6. The van der Waals surface area contributed by atoms with Gasteiger partial charge in [-0.3, -0.25) is 9.69 Å². The van der Waals surface area contributed by atoms with Crippen LogP contribution in [0.4, 0.5) is 0 Å². The van der Waals surface area contributed by atoms with Crippen molar-refractivity contribution in [3.05, 3.63) is 29.8 Å². The SMILES string of the molecule is CC(=O)c1ccc(S(=O)(=O)N(C)CCN2CCOCC2)cc1. The molecule has 0 unspecified atom stereocenters. The van der Waals surface area contributed by atoms with E-state index in [1.807, 2.05) is 0 Å². The van der Waals surface area contributed by atoms with Crippen molar-refractivity contribution in [1.82, 2.24) is 9.21 Å². The zero-order valence-electron chi connectivity index (χ0n) is 13.0. The normalized spacial score (nSPS) is 16.9. The van der Waals surface area contributed by atoms with E-state index < -0.39 is 10.0 Å². The third-order valence-electron chi connectivity index (χ3n) is 3.80. The van der Waals surface area contributed by atoms with E-state index in [-0.39, 0.29) is 10.7 Å². The molecule has 0 bridgehead atoms. The lowest BCUT2D eigenvalue weighted by Crippen LogP contribution is -2.41. The number of sulfonamides is 1. The minimum absolute atomic E-state index is 0.0791. The third-order valence-corrected chi connectivity index (χ3v) is 5.67. The summed E-state index contributed by atoms with van der Waals surface area (Å²) in [5, 5.41) is 0. The summed E-state index contributed by atoms with van der Waals surface area (Å²) in [6.07, 6.45) is 0. The highest BCUT2D eigenvalue weighted by Crippen LogP contribution is 2.15. The minimum Gasteiger partial charge on any atom is -0.379 e. The van der Waals surface area contributed by atoms with Crippen LogP contribution in [0.2, 0.25) is 0 Å². The molecular weight excluding hydrogens is 304 g/mol. The number of carbonyl (C=O) groups excluding carboxylic acids is 1. The number of hydrogen-bond acceptors (Lipinski definition) is 5. The van der Waals surface area contributed by atoms with Crippen LogP contribution in [0.3, 0.4) is 0 Å². The number of carbonyl (C=O) groups is 1. The van der Waals surface area contributed by atoms with Gasteiger partial charge < -0.3 is 4.74 Å². The first kappa shape index (κ1) is 17.1. The van der Waals surface area contributed by atoms with Gasteiger partial charge in [0.05, 0.1) is 18.1 Å². The summed E-state index contributed by atoms with van der Waals surface area (Å²) >= 11 is 0. The Morgan fingerprint density at radius 2 is 1.82 bits per heavy atom. The molecule has 1 saturated heterocycles. The molecule has 0 spiro atoms. The van der Waals surface area contributed by atoms with Gasteiger partial charge in [-0.25, -0.2) is 8.42 Å². The molecule has 0 amide bonds. The fourth-order valence-corrected chi connectivity index (χ4v) is 3.43. The quantitative estimate of drug-likeness (QED) is 0.725. The minimum atomic E-state index is -3.52. The summed E-state index contributed by atoms with van der Waals surface area (Å²) in [5.74, 6) is -0.0791. The summed E-state index contributed by atoms with van der Waals surface area (Å²) in [6.45, 7) is 5.63. The number of ketones is 1. The standard InChI is InChI=1S/C15H22N2O4S/c1-13(18)14-3-5-15(6-4-14)22(19,20)16(2)7-8-17-9-11-21-12-10-17/h3-6H,7-12H2,1-2H3. The van der Waals surface area contributed by atoms with Crippen molar-refractivity contribution in [3.63, 3.8) is 0 Å². The van der Waals surface area contributed by atoms with Crippen molar-refractivity contribution in [2.75, 3.05) is 46.4 Å². The van der Waals surface area contributed by atoms with Gasteiger partial charge in [0.25, 0.3) is 0 Å². The van der Waals surface area contributed by atoms with Crippen molar-refractivity contribution in [2.45, 2.75) is 11.8 Å². The van der Waals surface area contributed by atoms with Gasteiger partial charge in [-0.15, -0.1) is 0 Å². The van der Waals surface area contributed by atoms with E-state index in [0.29, 0.717) is 31.9 Å². The fourth-order valence-electron chi connectivity index (χ4n) is 2.27. The van der Waals surface area contributed by atoms with Crippen LogP contribution in [0.1, 0.15) is 17.3 Å². The number of ether oxygens (including phenoxy) is 1. The summed E-state index contributed by atoms with van der Waals surface area (Å²) in [5.41, 5.74) is 0.509. The molecule has 1 heterocycles. The largest absolute Gasteiger partial charge is 0.379 e. The molecule has 122 valence electrons. The van der Waals surface area contributed by atoms with E-state index in [2.05, 4.69) is 4.90 Å². The van der Waals surface area contributed by atoms with Crippen molar-refractivity contribution in [3.8, 4) is 0 Å². The molecule has 2 rings (SSSR count). The molecule has 1 aromatic rings. The van der Waals surface area contributed by atoms with Gasteiger partial charge in [-0.1, -0.05) is 12.1 Å². The van der Waals surface area contributed by atoms with E-state index in [4.69, 9.17) is 4.74 Å². The second kappa shape index (κ2) is 7.32. The van der Waals surface area contributed by atoms with Gasteiger partial charge in [0.2, 0.25) is 10.0 Å². The number of Topliss-reactive ketones (excluding diaryl/α,β-unsaturated/α-hetero) is 1. The summed E-state index contributed by atoms with van der Waals surface area (Å²) in [6, 6.07) is 6.06. The van der Waals surface area contributed by atoms with E-state index in [0.717, 1.165) is 13.1 Å². The molecular formula is C15H22N2O4S. The Bertz CT molecular complexity index is 607. The molecule has 0 aromatic heterocycles. The molecule has 0 radical (unpaired) electrons. The highest BCUT2D eigenvalue weighted by molar-refractivity contribution is 7.89. The predicted octanol–water partition coefficient (Wildman–Crippen LogP) is 0.842. The maximum Gasteiger partial charge on any atom is 0.242 e. The summed E-state index contributed by atoms with van der Waals surface area (Å²) in [7, 11) is -1.94. The Balaban J connectivity index is 2.00. The molecule has 0 atom stereocenters. The fraction of sp³-hybridized carbons (Fsp3) is 0.533. The highest BCUT2D eigenvalue weighted by atomic mass is 32.2. The van der Waals surface area contributed by atoms with Crippen molar-refractivity contribution < 1.29 is 17.9 Å². The maximum atomic E-state index is 12.5. The topological polar surface area (TPSA) is 66.9 Å². The molecule has 6 nitrogen and oxygen atoms in total. The van der Waals surface area contributed by atoms with Gasteiger partial charge in [-0.2, -0.15) is 4.31 Å². The maximum absolute atomic E-state index is 12.5. The lowest BCUT2D eigenvalue weighted by molar-refractivity contribution is 0.0368. The summed E-state index contributed by atoms with van der Waals surface area (Å²) in [4.78, 5) is 13.6. The molecule has 1 fully saturated rings. The van der Waals surface area contributed by atoms with Gasteiger partial charge in [-0.05, 0) is 19.1 Å². The van der Waals surface area contributed by atoms with Crippen LogP contribution in [0.25, 0.3) is 0 Å². The van der Waals surface area contributed by atoms with Crippen molar-refractivity contribution in [2.24, 2.45) is 0 Å². The molecule has 7 heteroatoms. The first-order valence-corrected chi connectivity index (χ1v) is 8.73. The van der Waals surface area contributed by atoms with Crippen LogP contribution in [0, 0.1) is 0 Å². The Kier molecular flexibility index (Phi) is 5.69. The molecule has 0 saturated carbocycles. The van der Waals surface area contributed by atoms with E-state index >= 15 is 0 Å². The second-order valence-electron chi connectivity index (χ2n) is 5.36. The number of benzene rings is 1. The highest BCUT2D eigenvalue weighted by Gasteiger charge is 2.21. The molecule has 22 heavy (non-hydrogen) atoms. The van der Waals surface area contributed by atoms with Gasteiger partial charge >= 0.3 is 0 Å². The first-order chi connectivity index (χ1) is 10.4. The zero-order valence-corrected chi connectivity index (χ0v) is 13.8. The van der Waals surface area contributed by atoms with E-state index in [1.165, 1.54) is 23.4 Å². The third kappa shape index (κ3) is 4.13. The van der Waals surface area contributed by atoms with Crippen molar-refractivity contribution in [1.29, 1.82) is 0 Å².